The monoisotopic (exact) mass is 374 g/mol. The number of nitrogens with one attached hydrogen (secondary N) is 1. The van der Waals surface area contributed by atoms with Crippen molar-refractivity contribution in [1.29, 1.82) is 0 Å². The summed E-state index contributed by atoms with van der Waals surface area (Å²) >= 11 is 0. The van der Waals surface area contributed by atoms with Gasteiger partial charge in [0, 0.05) is 5.69 Å². The number of carbonyl (C=O) groups excluding carboxylic acids is 1. The number of carbonyl (C=O) groups is 1. The zero-order valence-electron chi connectivity index (χ0n) is 15.6. The molecule has 6 heteroatoms. The van der Waals surface area contributed by atoms with Gasteiger partial charge in [0.05, 0.1) is 11.9 Å². The summed E-state index contributed by atoms with van der Waals surface area (Å²) < 4.78 is 26.0. The van der Waals surface area contributed by atoms with Gasteiger partial charge in [-0.1, -0.05) is 57.2 Å². The molecular weight excluding hydrogens is 348 g/mol. The van der Waals surface area contributed by atoms with E-state index in [-0.39, 0.29) is 11.8 Å². The van der Waals surface area contributed by atoms with Gasteiger partial charge in [0.25, 0.3) is 0 Å². The maximum atomic E-state index is 13.0. The SMILES string of the molecule is CC[C@@H](C(=O)Nc1ccccc1C(C)C)N(c1ccccc1)S(C)(=O)=O. The molecule has 5 nitrogen and oxygen atoms in total. The molecule has 0 spiro atoms. The second kappa shape index (κ2) is 8.36. The Bertz CT molecular complexity index is 848. The van der Waals surface area contributed by atoms with Crippen LogP contribution in [0.2, 0.25) is 0 Å². The molecule has 0 saturated carbocycles. The molecule has 26 heavy (non-hydrogen) atoms. The molecule has 0 radical (unpaired) electrons. The van der Waals surface area contributed by atoms with Crippen molar-refractivity contribution in [3.05, 3.63) is 60.2 Å². The Morgan fingerprint density at radius 1 is 1.04 bits per heavy atom. The summed E-state index contributed by atoms with van der Waals surface area (Å²) in [6.07, 6.45) is 1.48. The van der Waals surface area contributed by atoms with Crippen LogP contribution in [0.1, 0.15) is 38.7 Å². The first-order valence-electron chi connectivity index (χ1n) is 8.70. The van der Waals surface area contributed by atoms with Crippen LogP contribution in [0.5, 0.6) is 0 Å². The Labute approximate surface area is 156 Å². The Morgan fingerprint density at radius 3 is 2.15 bits per heavy atom. The van der Waals surface area contributed by atoms with Crippen molar-refractivity contribution in [2.45, 2.75) is 39.2 Å². The standard InChI is InChI=1S/C20H26N2O3S/c1-5-19(22(26(4,24)25)16-11-7-6-8-12-16)20(23)21-18-14-10-9-13-17(18)15(2)3/h6-15,19H,5H2,1-4H3,(H,21,23)/t19-/m0/s1. The number of rotatable bonds is 7. The van der Waals surface area contributed by atoms with Crippen LogP contribution in [0.25, 0.3) is 0 Å². The molecule has 2 aromatic carbocycles. The molecule has 1 N–H and O–H groups in total. The fourth-order valence-electron chi connectivity index (χ4n) is 2.97. The van der Waals surface area contributed by atoms with Crippen molar-refractivity contribution in [2.75, 3.05) is 15.9 Å². The number of anilines is 2. The van der Waals surface area contributed by atoms with Gasteiger partial charge in [-0.2, -0.15) is 0 Å². The molecule has 0 bridgehead atoms. The van der Waals surface area contributed by atoms with Crippen molar-refractivity contribution in [2.24, 2.45) is 0 Å². The van der Waals surface area contributed by atoms with Gasteiger partial charge in [-0.05, 0) is 36.1 Å². The van der Waals surface area contributed by atoms with E-state index in [0.717, 1.165) is 11.8 Å². The normalized spacial score (nSPS) is 12.7. The third kappa shape index (κ3) is 4.64. The van der Waals surface area contributed by atoms with Gasteiger partial charge < -0.3 is 5.32 Å². The zero-order valence-corrected chi connectivity index (χ0v) is 16.5. The highest BCUT2D eigenvalue weighted by atomic mass is 32.2. The Morgan fingerprint density at radius 2 is 1.62 bits per heavy atom. The van der Waals surface area contributed by atoms with E-state index >= 15 is 0 Å². The Balaban J connectivity index is 2.38. The number of nitrogens with zero attached hydrogens (tertiary/aromatic N) is 1. The first-order chi connectivity index (χ1) is 12.3. The van der Waals surface area contributed by atoms with E-state index < -0.39 is 16.1 Å². The maximum Gasteiger partial charge on any atom is 0.248 e. The van der Waals surface area contributed by atoms with Crippen LogP contribution in [-0.2, 0) is 14.8 Å². The third-order valence-electron chi connectivity index (χ3n) is 4.18. The highest BCUT2D eigenvalue weighted by Crippen LogP contribution is 2.26. The van der Waals surface area contributed by atoms with E-state index in [1.54, 1.807) is 31.2 Å². The summed E-state index contributed by atoms with van der Waals surface area (Å²) in [6.45, 7) is 5.91. The van der Waals surface area contributed by atoms with Crippen molar-refractivity contribution >= 4 is 27.3 Å². The second-order valence-corrected chi connectivity index (χ2v) is 8.41. The average Bonchev–Trinajstić information content (AvgIpc) is 2.59. The molecule has 140 valence electrons. The first-order valence-corrected chi connectivity index (χ1v) is 10.5. The van der Waals surface area contributed by atoms with Gasteiger partial charge in [-0.25, -0.2) is 8.42 Å². The number of sulfonamides is 1. The number of hydrogen-bond acceptors (Lipinski definition) is 3. The lowest BCUT2D eigenvalue weighted by Gasteiger charge is -2.30. The number of para-hydroxylation sites is 2. The highest BCUT2D eigenvalue weighted by molar-refractivity contribution is 7.92. The number of hydrogen-bond donors (Lipinski definition) is 1. The van der Waals surface area contributed by atoms with E-state index in [9.17, 15) is 13.2 Å². The molecule has 1 atom stereocenters. The summed E-state index contributed by atoms with van der Waals surface area (Å²) in [4.78, 5) is 13.0. The summed E-state index contributed by atoms with van der Waals surface area (Å²) in [7, 11) is -3.62. The lowest BCUT2D eigenvalue weighted by Crippen LogP contribution is -2.47. The quantitative estimate of drug-likeness (QED) is 0.797. The van der Waals surface area contributed by atoms with Crippen molar-refractivity contribution < 1.29 is 13.2 Å². The molecule has 2 aromatic rings. The minimum atomic E-state index is -3.62. The van der Waals surface area contributed by atoms with Gasteiger partial charge in [0.1, 0.15) is 6.04 Å². The molecule has 0 unspecified atom stereocenters. The Kier molecular flexibility index (Phi) is 6.42. The van der Waals surface area contributed by atoms with Gasteiger partial charge in [0.15, 0.2) is 0 Å². The highest BCUT2D eigenvalue weighted by Gasteiger charge is 2.31. The molecule has 2 rings (SSSR count). The summed E-state index contributed by atoms with van der Waals surface area (Å²) in [6, 6.07) is 15.5. The van der Waals surface area contributed by atoms with E-state index in [1.165, 1.54) is 4.31 Å². The van der Waals surface area contributed by atoms with E-state index in [4.69, 9.17) is 0 Å². The summed E-state index contributed by atoms with van der Waals surface area (Å²) in [5, 5.41) is 2.92. The van der Waals surface area contributed by atoms with Gasteiger partial charge in [-0.15, -0.1) is 0 Å². The van der Waals surface area contributed by atoms with Crippen molar-refractivity contribution in [1.82, 2.24) is 0 Å². The van der Waals surface area contributed by atoms with Crippen LogP contribution in [0, 0.1) is 0 Å². The van der Waals surface area contributed by atoms with Crippen LogP contribution in [0.15, 0.2) is 54.6 Å². The zero-order chi connectivity index (χ0) is 19.3. The Hall–Kier alpha value is -2.34. The molecule has 0 fully saturated rings. The lowest BCUT2D eigenvalue weighted by atomic mass is 10.0. The number of benzene rings is 2. The smallest absolute Gasteiger partial charge is 0.248 e. The molecule has 0 aromatic heterocycles. The predicted molar refractivity (Wildman–Crippen MR) is 107 cm³/mol. The third-order valence-corrected chi connectivity index (χ3v) is 5.36. The second-order valence-electron chi connectivity index (χ2n) is 6.55. The maximum absolute atomic E-state index is 13.0. The van der Waals surface area contributed by atoms with Crippen molar-refractivity contribution in [3.63, 3.8) is 0 Å². The fourth-order valence-corrected chi connectivity index (χ4v) is 4.18. The van der Waals surface area contributed by atoms with Crippen LogP contribution in [0.3, 0.4) is 0 Å². The molecule has 0 saturated heterocycles. The lowest BCUT2D eigenvalue weighted by molar-refractivity contribution is -0.117. The summed E-state index contributed by atoms with van der Waals surface area (Å²) in [5.41, 5.74) is 2.21. The number of amides is 1. The van der Waals surface area contributed by atoms with Crippen LogP contribution < -0.4 is 9.62 Å². The predicted octanol–water partition coefficient (Wildman–Crippen LogP) is 3.99. The van der Waals surface area contributed by atoms with Crippen LogP contribution in [-0.4, -0.2) is 26.6 Å². The van der Waals surface area contributed by atoms with Crippen LogP contribution in [0.4, 0.5) is 11.4 Å². The first kappa shape index (κ1) is 20.0. The van der Waals surface area contributed by atoms with E-state index in [0.29, 0.717) is 17.8 Å². The molecule has 0 aliphatic carbocycles. The average molecular weight is 375 g/mol. The van der Waals surface area contributed by atoms with E-state index in [2.05, 4.69) is 19.2 Å². The topological polar surface area (TPSA) is 66.5 Å². The summed E-state index contributed by atoms with van der Waals surface area (Å²) in [5.74, 6) is -0.0958. The molecule has 0 aliphatic heterocycles. The minimum absolute atomic E-state index is 0.242. The van der Waals surface area contributed by atoms with Crippen LogP contribution >= 0.6 is 0 Å². The van der Waals surface area contributed by atoms with Gasteiger partial charge in [-0.3, -0.25) is 9.10 Å². The molecule has 0 heterocycles. The fraction of sp³-hybridized carbons (Fsp3) is 0.350. The van der Waals surface area contributed by atoms with Crippen molar-refractivity contribution in [3.8, 4) is 0 Å². The van der Waals surface area contributed by atoms with Gasteiger partial charge >= 0.3 is 0 Å². The molecule has 0 aliphatic rings. The van der Waals surface area contributed by atoms with Gasteiger partial charge in [0.2, 0.25) is 15.9 Å². The minimum Gasteiger partial charge on any atom is -0.324 e. The molecule has 1 amide bonds. The van der Waals surface area contributed by atoms with E-state index in [1.807, 2.05) is 30.3 Å². The largest absolute Gasteiger partial charge is 0.324 e. The molecular formula is C20H26N2O3S.